The molecule has 4 rings (SSSR count). The number of urea groups is 1. The Hall–Kier alpha value is -3.72. The molecule has 2 aromatic rings. The first kappa shape index (κ1) is 28.3. The van der Waals surface area contributed by atoms with Crippen molar-refractivity contribution in [2.45, 2.75) is 70.9 Å². The molecular weight excluding hydrogens is 496 g/mol. The molecule has 0 aromatic heterocycles. The Bertz CT molecular complexity index is 1150. The number of hydrogen-bond acceptors (Lipinski definition) is 5. The van der Waals surface area contributed by atoms with Crippen LogP contribution in [0, 0.1) is 17.8 Å². The molecule has 1 saturated heterocycles. The molecule has 1 aliphatic heterocycles. The van der Waals surface area contributed by atoms with Crippen molar-refractivity contribution in [1.29, 1.82) is 0 Å². The Morgan fingerprint density at radius 3 is 2.15 bits per heavy atom. The number of hydrazine groups is 1. The largest absolute Gasteiger partial charge is 0.344 e. The number of hydroxylamine groups is 1. The first-order valence-corrected chi connectivity index (χ1v) is 13.8. The molecule has 1 aliphatic carbocycles. The van der Waals surface area contributed by atoms with E-state index in [2.05, 4.69) is 16.2 Å². The molecule has 2 atom stereocenters. The zero-order valence-corrected chi connectivity index (χ0v) is 22.7. The lowest BCUT2D eigenvalue weighted by atomic mass is 9.77. The smallest absolute Gasteiger partial charge is 0.322 e. The van der Waals surface area contributed by atoms with Gasteiger partial charge in [-0.05, 0) is 62.0 Å². The molecule has 9 heteroatoms. The second kappa shape index (κ2) is 12.9. The first-order chi connectivity index (χ1) is 18.8. The second-order valence-electron chi connectivity index (χ2n) is 10.9. The highest BCUT2D eigenvalue weighted by Gasteiger charge is 2.55. The summed E-state index contributed by atoms with van der Waals surface area (Å²) in [4.78, 5) is 58.1. The number of nitrogens with zero attached hydrogens (tertiary/aromatic N) is 1. The minimum atomic E-state index is -0.907. The van der Waals surface area contributed by atoms with E-state index in [-0.39, 0.29) is 12.5 Å². The molecule has 208 valence electrons. The number of hydrogen-bond donors (Lipinski definition) is 3. The van der Waals surface area contributed by atoms with Gasteiger partial charge < -0.3 is 5.32 Å². The quantitative estimate of drug-likeness (QED) is 0.265. The molecule has 1 heterocycles. The van der Waals surface area contributed by atoms with Gasteiger partial charge >= 0.3 is 6.03 Å². The standard InChI is InChI=1S/C30H38N4O5/c1-21(2)19-25(26(35)32-34-28(37)30(17-10-18-30)31-29(34)38)24(16-9-15-22-11-5-3-6-12-22)27(36)33-39-20-23-13-7-4-8-14-23/h3-8,11-14,21,24-25H,9-10,15-20H2,1-2H3,(H,31,38)(H,32,35)(H,33,36)/t24-,25?/m1/s1. The minimum absolute atomic E-state index is 0.0940. The molecule has 1 saturated carbocycles. The van der Waals surface area contributed by atoms with E-state index in [0.717, 1.165) is 29.0 Å². The average molecular weight is 535 g/mol. The molecular formula is C30H38N4O5. The van der Waals surface area contributed by atoms with Gasteiger partial charge in [-0.25, -0.2) is 10.3 Å². The molecule has 2 aliphatic rings. The lowest BCUT2D eigenvalue weighted by Gasteiger charge is -2.35. The van der Waals surface area contributed by atoms with Crippen molar-refractivity contribution in [2.24, 2.45) is 17.8 Å². The van der Waals surface area contributed by atoms with Crippen molar-refractivity contribution in [1.82, 2.24) is 21.2 Å². The third-order valence-electron chi connectivity index (χ3n) is 7.55. The molecule has 5 amide bonds. The van der Waals surface area contributed by atoms with Crippen LogP contribution >= 0.6 is 0 Å². The Morgan fingerprint density at radius 1 is 0.949 bits per heavy atom. The number of carbonyl (C=O) groups is 4. The van der Waals surface area contributed by atoms with Crippen molar-refractivity contribution < 1.29 is 24.0 Å². The Kier molecular flexibility index (Phi) is 9.35. The first-order valence-electron chi connectivity index (χ1n) is 13.8. The topological polar surface area (TPSA) is 117 Å². The lowest BCUT2D eigenvalue weighted by Crippen LogP contribution is -2.55. The van der Waals surface area contributed by atoms with E-state index >= 15 is 0 Å². The lowest BCUT2D eigenvalue weighted by molar-refractivity contribution is -0.148. The van der Waals surface area contributed by atoms with Gasteiger partial charge in [0, 0.05) is 0 Å². The number of nitrogens with one attached hydrogen (secondary N) is 3. The molecule has 2 aromatic carbocycles. The summed E-state index contributed by atoms with van der Waals surface area (Å²) in [6.45, 7) is 4.14. The SMILES string of the molecule is CC(C)CC(C(=O)NN1C(=O)NC2(CCC2)C1=O)[C@@H](CCCc1ccccc1)C(=O)NOCc1ccccc1. The van der Waals surface area contributed by atoms with Gasteiger partial charge in [-0.2, -0.15) is 5.01 Å². The molecule has 3 N–H and O–H groups in total. The van der Waals surface area contributed by atoms with Crippen LogP contribution in [0.25, 0.3) is 0 Å². The average Bonchev–Trinajstić information content (AvgIpc) is 3.16. The molecule has 39 heavy (non-hydrogen) atoms. The maximum absolute atomic E-state index is 13.6. The third-order valence-corrected chi connectivity index (χ3v) is 7.55. The van der Waals surface area contributed by atoms with E-state index in [0.29, 0.717) is 32.1 Å². The van der Waals surface area contributed by atoms with Crippen molar-refractivity contribution in [2.75, 3.05) is 0 Å². The van der Waals surface area contributed by atoms with Crippen LogP contribution in [0.1, 0.15) is 63.5 Å². The fourth-order valence-corrected chi connectivity index (χ4v) is 5.27. The Labute approximate surface area is 229 Å². The number of aryl methyl sites for hydroxylation is 1. The Balaban J connectivity index is 1.47. The van der Waals surface area contributed by atoms with E-state index in [1.165, 1.54) is 0 Å². The number of imide groups is 1. The van der Waals surface area contributed by atoms with E-state index in [9.17, 15) is 19.2 Å². The zero-order chi connectivity index (χ0) is 27.8. The van der Waals surface area contributed by atoms with Gasteiger partial charge in [0.2, 0.25) is 11.8 Å². The predicted octanol–water partition coefficient (Wildman–Crippen LogP) is 4.04. The molecule has 0 bridgehead atoms. The van der Waals surface area contributed by atoms with E-state index < -0.39 is 41.1 Å². The number of amides is 5. The minimum Gasteiger partial charge on any atom is -0.322 e. The van der Waals surface area contributed by atoms with Crippen LogP contribution in [0.3, 0.4) is 0 Å². The maximum atomic E-state index is 13.6. The van der Waals surface area contributed by atoms with Crippen molar-refractivity contribution in [3.05, 3.63) is 71.8 Å². The summed E-state index contributed by atoms with van der Waals surface area (Å²) in [6, 6.07) is 18.8. The summed E-state index contributed by atoms with van der Waals surface area (Å²) in [5, 5.41) is 3.51. The highest BCUT2D eigenvalue weighted by atomic mass is 16.6. The number of rotatable bonds is 13. The molecule has 0 radical (unpaired) electrons. The van der Waals surface area contributed by atoms with E-state index in [4.69, 9.17) is 4.84 Å². The predicted molar refractivity (Wildman–Crippen MR) is 145 cm³/mol. The summed E-state index contributed by atoms with van der Waals surface area (Å²) in [5.41, 5.74) is 6.24. The normalized spacial score (nSPS) is 17.5. The second-order valence-corrected chi connectivity index (χ2v) is 10.9. The molecule has 9 nitrogen and oxygen atoms in total. The van der Waals surface area contributed by atoms with Gasteiger partial charge in [-0.1, -0.05) is 74.5 Å². The fourth-order valence-electron chi connectivity index (χ4n) is 5.27. The van der Waals surface area contributed by atoms with Gasteiger partial charge in [-0.3, -0.25) is 24.6 Å². The van der Waals surface area contributed by atoms with Crippen LogP contribution in [0.5, 0.6) is 0 Å². The highest BCUT2D eigenvalue weighted by molar-refractivity contribution is 6.08. The maximum Gasteiger partial charge on any atom is 0.344 e. The summed E-state index contributed by atoms with van der Waals surface area (Å²) in [5.74, 6) is -2.74. The third kappa shape index (κ3) is 7.03. The van der Waals surface area contributed by atoms with Crippen LogP contribution in [-0.4, -0.2) is 34.3 Å². The molecule has 2 fully saturated rings. The summed E-state index contributed by atoms with van der Waals surface area (Å²) in [7, 11) is 0. The molecule has 1 spiro atoms. The van der Waals surface area contributed by atoms with Crippen LogP contribution in [0.15, 0.2) is 60.7 Å². The van der Waals surface area contributed by atoms with Crippen LogP contribution in [0.4, 0.5) is 4.79 Å². The monoisotopic (exact) mass is 534 g/mol. The zero-order valence-electron chi connectivity index (χ0n) is 22.7. The summed E-state index contributed by atoms with van der Waals surface area (Å²) >= 11 is 0. The van der Waals surface area contributed by atoms with Gasteiger partial charge in [0.1, 0.15) is 5.54 Å². The van der Waals surface area contributed by atoms with Crippen LogP contribution in [0.2, 0.25) is 0 Å². The highest BCUT2D eigenvalue weighted by Crippen LogP contribution is 2.37. The van der Waals surface area contributed by atoms with Crippen LogP contribution in [-0.2, 0) is 32.2 Å². The van der Waals surface area contributed by atoms with Crippen molar-refractivity contribution in [3.8, 4) is 0 Å². The van der Waals surface area contributed by atoms with Crippen LogP contribution < -0.4 is 16.2 Å². The number of benzene rings is 2. The van der Waals surface area contributed by atoms with E-state index in [1.807, 2.05) is 74.5 Å². The van der Waals surface area contributed by atoms with Crippen molar-refractivity contribution >= 4 is 23.8 Å². The van der Waals surface area contributed by atoms with Gasteiger partial charge in [0.05, 0.1) is 18.4 Å². The Morgan fingerprint density at radius 2 is 1.59 bits per heavy atom. The summed E-state index contributed by atoms with van der Waals surface area (Å²) < 4.78 is 0. The van der Waals surface area contributed by atoms with Crippen molar-refractivity contribution in [3.63, 3.8) is 0 Å². The van der Waals surface area contributed by atoms with Gasteiger partial charge in [0.15, 0.2) is 0 Å². The van der Waals surface area contributed by atoms with E-state index in [1.54, 1.807) is 0 Å². The van der Waals surface area contributed by atoms with Gasteiger partial charge in [0.25, 0.3) is 5.91 Å². The number of carbonyl (C=O) groups excluding carboxylic acids is 4. The van der Waals surface area contributed by atoms with Gasteiger partial charge in [-0.15, -0.1) is 0 Å². The summed E-state index contributed by atoms with van der Waals surface area (Å²) in [6.07, 6.45) is 4.23. The molecule has 1 unspecified atom stereocenters. The fraction of sp³-hybridized carbons (Fsp3) is 0.467.